The lowest BCUT2D eigenvalue weighted by Crippen LogP contribution is -2.46. The van der Waals surface area contributed by atoms with Crippen LogP contribution in [-0.2, 0) is 26.7 Å². The normalized spacial score (nSPS) is 13.0. The largest absolute Gasteiger partial charge is 0.341 e. The summed E-state index contributed by atoms with van der Waals surface area (Å²) in [7, 11) is -3.30. The first-order chi connectivity index (χ1) is 22.4. The first kappa shape index (κ1) is 37.1. The molecule has 260 valence electrons. The van der Waals surface area contributed by atoms with Crippen LogP contribution in [0.2, 0.25) is 0 Å². The smallest absolute Gasteiger partial charge is 0.232 e. The summed E-state index contributed by atoms with van der Waals surface area (Å²) in [6, 6.07) is 16.3. The summed E-state index contributed by atoms with van der Waals surface area (Å²) < 4.78 is 25.6. The maximum Gasteiger partial charge on any atom is 0.232 e. The maximum atomic E-state index is 14.1. The van der Waals surface area contributed by atoms with Crippen LogP contribution >= 0.6 is 0 Å². The van der Waals surface area contributed by atoms with Crippen LogP contribution < -0.4 is 10.0 Å². The number of carbonyl (C=O) groups excluding carboxylic acids is 1. The Balaban J connectivity index is 1.64. The third-order valence-electron chi connectivity index (χ3n) is 8.71. The van der Waals surface area contributed by atoms with E-state index < -0.39 is 15.4 Å². The van der Waals surface area contributed by atoms with Crippen molar-refractivity contribution in [3.05, 3.63) is 82.5 Å². The van der Waals surface area contributed by atoms with Gasteiger partial charge < -0.3 is 15.2 Å². The van der Waals surface area contributed by atoms with Gasteiger partial charge in [0.1, 0.15) is 5.65 Å². The van der Waals surface area contributed by atoms with Gasteiger partial charge in [-0.25, -0.2) is 13.4 Å². The van der Waals surface area contributed by atoms with Crippen molar-refractivity contribution in [2.45, 2.75) is 80.1 Å². The number of fused-ring (bicyclic) bond motifs is 1. The second-order valence-corrected chi connectivity index (χ2v) is 16.7. The molecule has 0 saturated carbocycles. The van der Waals surface area contributed by atoms with E-state index in [0.717, 1.165) is 72.3 Å². The fourth-order valence-electron chi connectivity index (χ4n) is 6.54. The van der Waals surface area contributed by atoms with Crippen LogP contribution in [0.1, 0.15) is 82.2 Å². The number of anilines is 1. The zero-order valence-electron chi connectivity index (χ0n) is 30.5. The fraction of sp³-hybridized carbons (Fsp3) is 0.487. The molecule has 0 unspecified atom stereocenters. The number of hydrogen-bond acceptors (Lipinski definition) is 5. The molecule has 0 saturated heterocycles. The van der Waals surface area contributed by atoms with E-state index >= 15 is 0 Å². The van der Waals surface area contributed by atoms with E-state index in [-0.39, 0.29) is 11.8 Å². The number of aromatic nitrogens is 2. The molecule has 48 heavy (non-hydrogen) atoms. The van der Waals surface area contributed by atoms with Crippen molar-refractivity contribution in [2.75, 3.05) is 37.2 Å². The molecule has 0 fully saturated rings. The van der Waals surface area contributed by atoms with Crippen molar-refractivity contribution in [3.8, 4) is 11.3 Å². The summed E-state index contributed by atoms with van der Waals surface area (Å²) in [6.45, 7) is 22.2. The molecule has 9 heteroatoms. The molecule has 0 bridgehead atoms. The van der Waals surface area contributed by atoms with E-state index in [1.165, 1.54) is 16.7 Å². The number of nitrogens with one attached hydrogen (secondary N) is 3. The highest BCUT2D eigenvalue weighted by molar-refractivity contribution is 7.92. The van der Waals surface area contributed by atoms with Gasteiger partial charge >= 0.3 is 0 Å². The van der Waals surface area contributed by atoms with Crippen LogP contribution in [0.3, 0.4) is 0 Å². The molecule has 2 aromatic heterocycles. The standard InChI is InChI=1S/C39H55N5O3S/c1-25(2)23-44(24-26(3)4)38(45)39(8,9)32-20-34-35(36(42-37(34)41-22-32)31-18-27(5)17-28(6)19-31)29(7)21-40-16-15-30-11-13-33(14-12-30)43-48(10,46)47/h11-14,17-20,22,25-26,29,40,43H,15-16,21,23-24H2,1-10H3,(H,41,42)/t29-/m1/s1. The number of carbonyl (C=O) groups is 1. The zero-order valence-corrected chi connectivity index (χ0v) is 31.3. The Morgan fingerprint density at radius 1 is 0.938 bits per heavy atom. The van der Waals surface area contributed by atoms with Crippen LogP contribution in [0.25, 0.3) is 22.3 Å². The Morgan fingerprint density at radius 2 is 1.54 bits per heavy atom. The average Bonchev–Trinajstić information content (AvgIpc) is 3.37. The van der Waals surface area contributed by atoms with Gasteiger partial charge in [-0.15, -0.1) is 0 Å². The van der Waals surface area contributed by atoms with E-state index in [9.17, 15) is 13.2 Å². The van der Waals surface area contributed by atoms with Crippen molar-refractivity contribution >= 4 is 32.7 Å². The van der Waals surface area contributed by atoms with Crippen LogP contribution in [0.15, 0.2) is 54.7 Å². The quantitative estimate of drug-likeness (QED) is 0.113. The molecule has 4 aromatic rings. The van der Waals surface area contributed by atoms with Gasteiger partial charge in [-0.05, 0) is 111 Å². The molecular weight excluding hydrogens is 619 g/mol. The molecule has 0 aliphatic rings. The molecule has 4 rings (SSSR count). The van der Waals surface area contributed by atoms with Crippen LogP contribution in [0.5, 0.6) is 0 Å². The van der Waals surface area contributed by atoms with Crippen molar-refractivity contribution in [3.63, 3.8) is 0 Å². The zero-order chi connectivity index (χ0) is 35.4. The number of benzene rings is 2. The molecule has 0 aliphatic heterocycles. The number of sulfonamides is 1. The predicted molar refractivity (Wildman–Crippen MR) is 200 cm³/mol. The van der Waals surface area contributed by atoms with E-state index in [0.29, 0.717) is 17.5 Å². The van der Waals surface area contributed by atoms with Crippen molar-refractivity contribution < 1.29 is 13.2 Å². The minimum atomic E-state index is -3.30. The Bertz CT molecular complexity index is 1790. The van der Waals surface area contributed by atoms with E-state index in [4.69, 9.17) is 4.98 Å². The number of aromatic amines is 1. The average molecular weight is 674 g/mol. The molecule has 2 heterocycles. The van der Waals surface area contributed by atoms with Gasteiger partial charge in [-0.3, -0.25) is 9.52 Å². The number of aryl methyl sites for hydroxylation is 2. The second-order valence-electron chi connectivity index (χ2n) is 15.0. The van der Waals surface area contributed by atoms with Crippen LogP contribution in [0, 0.1) is 25.7 Å². The molecular formula is C39H55N5O3S. The molecule has 0 aliphatic carbocycles. The number of pyridine rings is 1. The lowest BCUT2D eigenvalue weighted by Gasteiger charge is -2.34. The van der Waals surface area contributed by atoms with Gasteiger partial charge in [0, 0.05) is 36.9 Å². The predicted octanol–water partition coefficient (Wildman–Crippen LogP) is 7.57. The Kier molecular flexibility index (Phi) is 11.8. The molecule has 0 spiro atoms. The molecule has 1 amide bonds. The highest BCUT2D eigenvalue weighted by atomic mass is 32.2. The number of nitrogens with zero attached hydrogens (tertiary/aromatic N) is 2. The highest BCUT2D eigenvalue weighted by Gasteiger charge is 2.35. The maximum absolute atomic E-state index is 14.1. The third-order valence-corrected chi connectivity index (χ3v) is 9.31. The Labute approximate surface area is 288 Å². The van der Waals surface area contributed by atoms with Crippen molar-refractivity contribution in [2.24, 2.45) is 11.8 Å². The molecule has 1 atom stereocenters. The first-order valence-corrected chi connectivity index (χ1v) is 19.0. The first-order valence-electron chi connectivity index (χ1n) is 17.1. The summed E-state index contributed by atoms with van der Waals surface area (Å²) in [6.07, 6.45) is 3.83. The van der Waals surface area contributed by atoms with E-state index in [1.807, 2.05) is 37.1 Å². The summed E-state index contributed by atoms with van der Waals surface area (Å²) in [5.74, 6) is 1.04. The number of hydrogen-bond donors (Lipinski definition) is 3. The Morgan fingerprint density at radius 3 is 2.10 bits per heavy atom. The minimum Gasteiger partial charge on any atom is -0.341 e. The van der Waals surface area contributed by atoms with Gasteiger partial charge in [0.05, 0.1) is 17.4 Å². The third kappa shape index (κ3) is 9.47. The highest BCUT2D eigenvalue weighted by Crippen LogP contribution is 2.38. The van der Waals surface area contributed by atoms with Gasteiger partial charge in [0.25, 0.3) is 0 Å². The number of amides is 1. The van der Waals surface area contributed by atoms with Gasteiger partial charge in [-0.2, -0.15) is 0 Å². The molecule has 0 radical (unpaired) electrons. The SMILES string of the molecule is Cc1cc(C)cc(-c2[nH]c3ncc(C(C)(C)C(=O)N(CC(C)C)CC(C)C)cc3c2[C@H](C)CNCCc2ccc(NS(C)(=O)=O)cc2)c1. The monoisotopic (exact) mass is 673 g/mol. The lowest BCUT2D eigenvalue weighted by molar-refractivity contribution is -0.137. The molecule has 3 N–H and O–H groups in total. The summed E-state index contributed by atoms with van der Waals surface area (Å²) >= 11 is 0. The van der Waals surface area contributed by atoms with Gasteiger partial charge in [0.15, 0.2) is 0 Å². The Hall–Kier alpha value is -3.69. The van der Waals surface area contributed by atoms with Crippen molar-refractivity contribution in [1.82, 2.24) is 20.2 Å². The summed E-state index contributed by atoms with van der Waals surface area (Å²) in [5, 5.41) is 4.70. The number of rotatable bonds is 15. The lowest BCUT2D eigenvalue weighted by atomic mass is 9.82. The summed E-state index contributed by atoms with van der Waals surface area (Å²) in [5.41, 5.74) is 8.48. The molecule has 8 nitrogen and oxygen atoms in total. The minimum absolute atomic E-state index is 0.132. The summed E-state index contributed by atoms with van der Waals surface area (Å²) in [4.78, 5) is 24.7. The van der Waals surface area contributed by atoms with Crippen molar-refractivity contribution in [1.29, 1.82) is 0 Å². The fourth-order valence-corrected chi connectivity index (χ4v) is 7.10. The topological polar surface area (TPSA) is 107 Å². The number of H-pyrrole nitrogens is 1. The van der Waals surface area contributed by atoms with Crippen LogP contribution in [-0.4, -0.2) is 61.6 Å². The van der Waals surface area contributed by atoms with Crippen LogP contribution in [0.4, 0.5) is 5.69 Å². The molecule has 2 aromatic carbocycles. The van der Waals surface area contributed by atoms with Gasteiger partial charge in [-0.1, -0.05) is 63.9 Å². The van der Waals surface area contributed by atoms with E-state index in [1.54, 1.807) is 12.1 Å². The van der Waals surface area contributed by atoms with E-state index in [2.05, 4.69) is 87.8 Å². The second kappa shape index (κ2) is 15.2. The van der Waals surface area contributed by atoms with Gasteiger partial charge in [0.2, 0.25) is 15.9 Å².